The van der Waals surface area contributed by atoms with Crippen molar-refractivity contribution >= 4 is 19.8 Å². The van der Waals surface area contributed by atoms with Crippen LogP contribution >= 0.6 is 7.82 Å². The van der Waals surface area contributed by atoms with E-state index in [1.807, 2.05) is 0 Å². The molecule has 0 atom stereocenters. The summed E-state index contributed by atoms with van der Waals surface area (Å²) in [4.78, 5) is 31.1. The zero-order valence-electron chi connectivity index (χ0n) is 12.7. The van der Waals surface area contributed by atoms with E-state index in [0.717, 1.165) is 0 Å². The maximum absolute atomic E-state index is 11.5. The summed E-state index contributed by atoms with van der Waals surface area (Å²) in [6.07, 6.45) is 0.0771. The molecule has 8 nitrogen and oxygen atoms in total. The molecule has 0 saturated carbocycles. The molecule has 0 aromatic heterocycles. The predicted molar refractivity (Wildman–Crippen MR) is 73.8 cm³/mol. The van der Waals surface area contributed by atoms with Crippen LogP contribution in [0.2, 0.25) is 0 Å². The summed E-state index contributed by atoms with van der Waals surface area (Å²) in [7, 11) is -4.31. The van der Waals surface area contributed by atoms with E-state index in [0.29, 0.717) is 0 Å². The Balaban J connectivity index is 4.20. The number of carbonyl (C=O) groups is 2. The molecule has 0 aromatic carbocycles. The maximum Gasteiger partial charge on any atom is 0.472 e. The van der Waals surface area contributed by atoms with E-state index in [2.05, 4.69) is 9.05 Å². The molecular formula is C12H23O8P. The van der Waals surface area contributed by atoms with E-state index in [-0.39, 0.29) is 26.1 Å². The Morgan fingerprint density at radius 3 is 1.43 bits per heavy atom. The summed E-state index contributed by atoms with van der Waals surface area (Å²) in [6.45, 7) is 5.37. The van der Waals surface area contributed by atoms with Crippen LogP contribution in [0.4, 0.5) is 0 Å². The van der Waals surface area contributed by atoms with Crippen molar-refractivity contribution in [3.63, 3.8) is 0 Å². The van der Waals surface area contributed by atoms with Crippen LogP contribution in [-0.4, -0.2) is 40.3 Å². The molecule has 21 heavy (non-hydrogen) atoms. The van der Waals surface area contributed by atoms with Gasteiger partial charge in [0.05, 0.1) is 24.0 Å². The van der Waals surface area contributed by atoms with Crippen molar-refractivity contribution in [2.75, 3.05) is 13.2 Å². The van der Waals surface area contributed by atoms with Crippen LogP contribution in [0.25, 0.3) is 0 Å². The van der Waals surface area contributed by atoms with Crippen LogP contribution in [0.3, 0.4) is 0 Å². The molecule has 0 unspecified atom stereocenters. The number of rotatable bonds is 10. The molecule has 0 rings (SSSR count). The molecule has 0 amide bonds. The average Bonchev–Trinajstić information content (AvgIpc) is 2.27. The van der Waals surface area contributed by atoms with E-state index in [1.165, 1.54) is 27.7 Å². The molecule has 124 valence electrons. The van der Waals surface area contributed by atoms with Crippen molar-refractivity contribution in [1.82, 2.24) is 0 Å². The largest absolute Gasteiger partial charge is 0.481 e. The Morgan fingerprint density at radius 1 is 0.905 bits per heavy atom. The molecule has 0 aliphatic rings. The van der Waals surface area contributed by atoms with Gasteiger partial charge in [0.15, 0.2) is 0 Å². The van der Waals surface area contributed by atoms with Crippen LogP contribution in [0.5, 0.6) is 0 Å². The van der Waals surface area contributed by atoms with Gasteiger partial charge in [0, 0.05) is 0 Å². The van der Waals surface area contributed by atoms with Crippen molar-refractivity contribution in [2.45, 2.75) is 40.5 Å². The third kappa shape index (κ3) is 7.57. The normalized spacial score (nSPS) is 13.2. The third-order valence-electron chi connectivity index (χ3n) is 3.12. The first-order valence-electron chi connectivity index (χ1n) is 6.39. The van der Waals surface area contributed by atoms with Crippen LogP contribution in [-0.2, 0) is 23.2 Å². The highest BCUT2D eigenvalue weighted by Crippen LogP contribution is 2.44. The number of carboxylic acid groups (broad SMARTS) is 2. The fourth-order valence-corrected chi connectivity index (χ4v) is 1.80. The Labute approximate surface area is 123 Å². The summed E-state index contributed by atoms with van der Waals surface area (Å²) in [6, 6.07) is 0. The minimum atomic E-state index is -4.31. The smallest absolute Gasteiger partial charge is 0.472 e. The molecule has 0 saturated heterocycles. The highest BCUT2D eigenvalue weighted by atomic mass is 31.2. The first kappa shape index (κ1) is 20.1. The molecular weight excluding hydrogens is 303 g/mol. The molecule has 0 radical (unpaired) electrons. The van der Waals surface area contributed by atoms with E-state index >= 15 is 0 Å². The number of phosphoric acid groups is 1. The minimum absolute atomic E-state index is 0.0386. The highest BCUT2D eigenvalue weighted by Gasteiger charge is 2.31. The molecule has 0 heterocycles. The highest BCUT2D eigenvalue weighted by molar-refractivity contribution is 7.47. The first-order chi connectivity index (χ1) is 9.30. The summed E-state index contributed by atoms with van der Waals surface area (Å²) in [5, 5.41) is 17.8. The van der Waals surface area contributed by atoms with Crippen molar-refractivity contribution in [3.8, 4) is 0 Å². The quantitative estimate of drug-likeness (QED) is 0.520. The molecule has 0 aromatic rings. The number of hydrogen-bond acceptors (Lipinski definition) is 5. The fraction of sp³-hybridized carbons (Fsp3) is 0.833. The number of carboxylic acids is 2. The van der Waals surface area contributed by atoms with Crippen molar-refractivity contribution < 1.29 is 38.3 Å². The zero-order valence-corrected chi connectivity index (χ0v) is 13.6. The topological polar surface area (TPSA) is 130 Å². The third-order valence-corrected chi connectivity index (χ3v) is 4.14. The lowest BCUT2D eigenvalue weighted by atomic mass is 9.90. The van der Waals surface area contributed by atoms with Crippen LogP contribution in [0.1, 0.15) is 40.5 Å². The predicted octanol–water partition coefficient (Wildman–Crippen LogP) is 2.12. The zero-order chi connectivity index (χ0) is 16.9. The van der Waals surface area contributed by atoms with E-state index in [4.69, 9.17) is 10.2 Å². The Bertz CT molecular complexity index is 393. The Hall–Kier alpha value is -0.950. The van der Waals surface area contributed by atoms with Crippen LogP contribution in [0, 0.1) is 10.8 Å². The second kappa shape index (κ2) is 7.35. The van der Waals surface area contributed by atoms with Crippen LogP contribution in [0.15, 0.2) is 0 Å². The Morgan fingerprint density at radius 2 is 1.19 bits per heavy atom. The van der Waals surface area contributed by atoms with Crippen molar-refractivity contribution in [1.29, 1.82) is 0 Å². The van der Waals surface area contributed by atoms with Gasteiger partial charge in [-0.1, -0.05) is 0 Å². The van der Waals surface area contributed by atoms with Gasteiger partial charge in [-0.3, -0.25) is 18.6 Å². The van der Waals surface area contributed by atoms with Gasteiger partial charge < -0.3 is 15.1 Å². The van der Waals surface area contributed by atoms with E-state index < -0.39 is 30.6 Å². The van der Waals surface area contributed by atoms with Gasteiger partial charge in [-0.2, -0.15) is 0 Å². The van der Waals surface area contributed by atoms with Gasteiger partial charge in [0.2, 0.25) is 0 Å². The number of aliphatic carboxylic acids is 2. The summed E-state index contributed by atoms with van der Waals surface area (Å²) < 4.78 is 20.9. The SMILES string of the molecule is CC(C)(CCOP(=O)(O)OCCC(C)(C)C(=O)O)C(=O)O. The molecule has 9 heteroatoms. The van der Waals surface area contributed by atoms with Gasteiger partial charge in [0.25, 0.3) is 0 Å². The summed E-state index contributed by atoms with van der Waals surface area (Å²) in [5.74, 6) is -2.08. The summed E-state index contributed by atoms with van der Waals surface area (Å²) >= 11 is 0. The standard InChI is InChI=1S/C12H23O8P/c1-11(2,9(13)14)5-7-19-21(17,18)20-8-6-12(3,4)10(15)16/h5-8H2,1-4H3,(H,13,14)(H,15,16)(H,17,18). The number of phosphoric ester groups is 1. The number of hydrogen-bond donors (Lipinski definition) is 3. The van der Waals surface area contributed by atoms with Crippen molar-refractivity contribution in [2.24, 2.45) is 10.8 Å². The lowest BCUT2D eigenvalue weighted by Crippen LogP contribution is -2.25. The maximum atomic E-state index is 11.5. The van der Waals surface area contributed by atoms with E-state index in [9.17, 15) is 19.0 Å². The lowest BCUT2D eigenvalue weighted by molar-refractivity contribution is -0.148. The first-order valence-corrected chi connectivity index (χ1v) is 7.88. The van der Waals surface area contributed by atoms with Crippen LogP contribution < -0.4 is 0 Å². The monoisotopic (exact) mass is 326 g/mol. The van der Waals surface area contributed by atoms with Crippen molar-refractivity contribution in [3.05, 3.63) is 0 Å². The van der Waals surface area contributed by atoms with Gasteiger partial charge in [-0.15, -0.1) is 0 Å². The van der Waals surface area contributed by atoms with Gasteiger partial charge in [-0.25, -0.2) is 4.57 Å². The second-order valence-corrected chi connectivity index (χ2v) is 7.47. The Kier molecular flexibility index (Phi) is 7.02. The fourth-order valence-electron chi connectivity index (χ4n) is 1.08. The second-order valence-electron chi connectivity index (χ2n) is 6.01. The minimum Gasteiger partial charge on any atom is -0.481 e. The average molecular weight is 326 g/mol. The van der Waals surface area contributed by atoms with Gasteiger partial charge in [0.1, 0.15) is 0 Å². The summed E-state index contributed by atoms with van der Waals surface area (Å²) in [5.41, 5.74) is -2.16. The van der Waals surface area contributed by atoms with Gasteiger partial charge in [-0.05, 0) is 40.5 Å². The molecule has 0 fully saturated rings. The molecule has 3 N–H and O–H groups in total. The lowest BCUT2D eigenvalue weighted by Gasteiger charge is -2.21. The van der Waals surface area contributed by atoms with Gasteiger partial charge >= 0.3 is 19.8 Å². The van der Waals surface area contributed by atoms with E-state index in [1.54, 1.807) is 0 Å². The molecule has 0 spiro atoms. The molecule has 0 bridgehead atoms. The molecule has 0 aliphatic carbocycles. The molecule has 0 aliphatic heterocycles.